The molecule has 1 aromatic rings. The number of piperazine rings is 1. The van der Waals surface area contributed by atoms with Crippen molar-refractivity contribution in [3.8, 4) is 0 Å². The van der Waals surface area contributed by atoms with E-state index >= 15 is 0 Å². The molecule has 110 valence electrons. The van der Waals surface area contributed by atoms with Crippen molar-refractivity contribution in [2.24, 2.45) is 0 Å². The van der Waals surface area contributed by atoms with E-state index < -0.39 is 0 Å². The lowest BCUT2D eigenvalue weighted by Gasteiger charge is -2.37. The Morgan fingerprint density at radius 2 is 2.15 bits per heavy atom. The summed E-state index contributed by atoms with van der Waals surface area (Å²) < 4.78 is 0. The van der Waals surface area contributed by atoms with Crippen molar-refractivity contribution in [2.45, 2.75) is 31.8 Å². The van der Waals surface area contributed by atoms with E-state index in [9.17, 15) is 4.79 Å². The van der Waals surface area contributed by atoms with Crippen LogP contribution in [0.5, 0.6) is 0 Å². The maximum atomic E-state index is 12.4. The van der Waals surface area contributed by atoms with E-state index in [0.29, 0.717) is 5.91 Å². The molecule has 0 aliphatic carbocycles. The number of piperidine rings is 1. The van der Waals surface area contributed by atoms with Crippen molar-refractivity contribution in [1.29, 1.82) is 0 Å². The van der Waals surface area contributed by atoms with Crippen LogP contribution in [0.2, 0.25) is 0 Å². The van der Waals surface area contributed by atoms with Gasteiger partial charge in [-0.1, -0.05) is 6.42 Å². The van der Waals surface area contributed by atoms with Crippen molar-refractivity contribution < 1.29 is 4.79 Å². The molecule has 0 saturated carbocycles. The Bertz CT molecular complexity index is 420. The normalized spacial score (nSPS) is 24.8. The van der Waals surface area contributed by atoms with Gasteiger partial charge in [-0.25, -0.2) is 0 Å². The molecule has 3 rings (SSSR count). The Morgan fingerprint density at radius 1 is 1.30 bits per heavy atom. The summed E-state index contributed by atoms with van der Waals surface area (Å²) in [5.41, 5.74) is 1.39. The zero-order valence-corrected chi connectivity index (χ0v) is 12.7. The Labute approximate surface area is 124 Å². The molecule has 2 aliphatic rings. The Hall–Kier alpha value is -0.910. The summed E-state index contributed by atoms with van der Waals surface area (Å²) in [7, 11) is 0. The molecule has 0 bridgehead atoms. The lowest BCUT2D eigenvalue weighted by molar-refractivity contribution is -0.135. The highest BCUT2D eigenvalue weighted by Gasteiger charge is 2.28. The molecule has 1 N–H and O–H groups in total. The summed E-state index contributed by atoms with van der Waals surface area (Å²) in [4.78, 5) is 16.9. The van der Waals surface area contributed by atoms with Crippen LogP contribution in [0.4, 0.5) is 0 Å². The van der Waals surface area contributed by atoms with Gasteiger partial charge in [-0.05, 0) is 41.8 Å². The maximum Gasteiger partial charge on any atom is 0.239 e. The molecular formula is C15H23N3OS. The zero-order valence-electron chi connectivity index (χ0n) is 11.9. The number of hydrogen-bond acceptors (Lipinski definition) is 4. The lowest BCUT2D eigenvalue weighted by Crippen LogP contribution is -2.54. The predicted molar refractivity (Wildman–Crippen MR) is 81.8 cm³/mol. The van der Waals surface area contributed by atoms with Crippen LogP contribution in [-0.4, -0.2) is 54.5 Å². The quantitative estimate of drug-likeness (QED) is 0.918. The maximum absolute atomic E-state index is 12.4. The van der Waals surface area contributed by atoms with Crippen LogP contribution in [0.15, 0.2) is 16.8 Å². The van der Waals surface area contributed by atoms with Gasteiger partial charge in [0.05, 0.1) is 6.04 Å². The largest absolute Gasteiger partial charge is 0.339 e. The molecule has 4 nitrogen and oxygen atoms in total. The molecular weight excluding hydrogens is 270 g/mol. The minimum atomic E-state index is 0.0761. The minimum absolute atomic E-state index is 0.0761. The predicted octanol–water partition coefficient (Wildman–Crippen LogP) is 1.53. The number of rotatable bonds is 3. The minimum Gasteiger partial charge on any atom is -0.339 e. The van der Waals surface area contributed by atoms with Gasteiger partial charge in [-0.2, -0.15) is 11.3 Å². The van der Waals surface area contributed by atoms with E-state index in [1.165, 1.54) is 18.4 Å². The van der Waals surface area contributed by atoms with Crippen molar-refractivity contribution in [1.82, 2.24) is 15.1 Å². The summed E-state index contributed by atoms with van der Waals surface area (Å²) in [6, 6.07) is 2.26. The van der Waals surface area contributed by atoms with E-state index in [1.807, 2.05) is 4.90 Å². The molecule has 5 heteroatoms. The first-order chi connectivity index (χ1) is 9.83. The van der Waals surface area contributed by atoms with Crippen molar-refractivity contribution >= 4 is 17.2 Å². The molecule has 0 spiro atoms. The third-order valence-corrected chi connectivity index (χ3v) is 5.01. The Balaban J connectivity index is 1.46. The lowest BCUT2D eigenvalue weighted by atomic mass is 10.0. The fraction of sp³-hybridized carbons (Fsp3) is 0.667. The second-order valence-electron chi connectivity index (χ2n) is 5.74. The molecule has 1 amide bonds. The van der Waals surface area contributed by atoms with Crippen LogP contribution in [-0.2, 0) is 11.3 Å². The van der Waals surface area contributed by atoms with Crippen LogP contribution in [0, 0.1) is 0 Å². The van der Waals surface area contributed by atoms with E-state index in [2.05, 4.69) is 27.0 Å². The number of thiophene rings is 1. The van der Waals surface area contributed by atoms with Crippen LogP contribution in [0.3, 0.4) is 0 Å². The number of amides is 1. The molecule has 2 aliphatic heterocycles. The van der Waals surface area contributed by atoms with Crippen molar-refractivity contribution in [3.63, 3.8) is 0 Å². The van der Waals surface area contributed by atoms with Crippen LogP contribution >= 0.6 is 11.3 Å². The van der Waals surface area contributed by atoms with Gasteiger partial charge in [-0.15, -0.1) is 0 Å². The van der Waals surface area contributed by atoms with Gasteiger partial charge < -0.3 is 10.2 Å². The highest BCUT2D eigenvalue weighted by atomic mass is 32.1. The molecule has 1 aromatic heterocycles. The number of nitrogens with zero attached hydrogens (tertiary/aromatic N) is 2. The van der Waals surface area contributed by atoms with E-state index in [-0.39, 0.29) is 6.04 Å². The highest BCUT2D eigenvalue weighted by Crippen LogP contribution is 2.14. The molecule has 2 fully saturated rings. The highest BCUT2D eigenvalue weighted by molar-refractivity contribution is 7.07. The molecule has 1 atom stereocenters. The summed E-state index contributed by atoms with van der Waals surface area (Å²) in [6.45, 7) is 5.76. The first kappa shape index (κ1) is 14.0. The fourth-order valence-corrected chi connectivity index (χ4v) is 3.71. The zero-order chi connectivity index (χ0) is 13.8. The molecule has 0 unspecified atom stereocenters. The summed E-state index contributed by atoms with van der Waals surface area (Å²) in [5.74, 6) is 0.319. The van der Waals surface area contributed by atoms with Gasteiger partial charge in [0.15, 0.2) is 0 Å². The van der Waals surface area contributed by atoms with Gasteiger partial charge in [0.2, 0.25) is 5.91 Å². The SMILES string of the molecule is O=C([C@@H]1CCCCN1)N1CCN(Cc2ccsc2)CC1. The first-order valence-corrected chi connectivity index (χ1v) is 8.53. The van der Waals surface area contributed by atoms with Crippen LogP contribution in [0.1, 0.15) is 24.8 Å². The summed E-state index contributed by atoms with van der Waals surface area (Å²) in [5, 5.41) is 7.70. The average Bonchev–Trinajstić information content (AvgIpc) is 3.01. The summed E-state index contributed by atoms with van der Waals surface area (Å²) in [6.07, 6.45) is 3.40. The van der Waals surface area contributed by atoms with Crippen molar-refractivity contribution in [3.05, 3.63) is 22.4 Å². The van der Waals surface area contributed by atoms with Gasteiger partial charge in [0.1, 0.15) is 0 Å². The van der Waals surface area contributed by atoms with E-state index in [0.717, 1.165) is 45.7 Å². The topological polar surface area (TPSA) is 35.6 Å². The van der Waals surface area contributed by atoms with Gasteiger partial charge in [0, 0.05) is 32.7 Å². The Kier molecular flexibility index (Phi) is 4.70. The standard InChI is InChI=1S/C15H23N3OS/c19-15(14-3-1-2-5-16-14)18-8-6-17(7-9-18)11-13-4-10-20-12-13/h4,10,12,14,16H,1-3,5-9,11H2/t14-/m0/s1. The molecule has 2 saturated heterocycles. The van der Waals surface area contributed by atoms with Crippen LogP contribution < -0.4 is 5.32 Å². The summed E-state index contributed by atoms with van der Waals surface area (Å²) >= 11 is 1.75. The Morgan fingerprint density at radius 3 is 2.80 bits per heavy atom. The third-order valence-electron chi connectivity index (χ3n) is 4.28. The van der Waals surface area contributed by atoms with Crippen molar-refractivity contribution in [2.75, 3.05) is 32.7 Å². The molecule has 3 heterocycles. The van der Waals surface area contributed by atoms with Gasteiger partial charge in [0.25, 0.3) is 0 Å². The number of carbonyl (C=O) groups excluding carboxylic acids is 1. The fourth-order valence-electron chi connectivity index (χ4n) is 3.05. The van der Waals surface area contributed by atoms with E-state index in [4.69, 9.17) is 0 Å². The molecule has 0 radical (unpaired) electrons. The molecule has 0 aromatic carbocycles. The van der Waals surface area contributed by atoms with E-state index in [1.54, 1.807) is 11.3 Å². The third kappa shape index (κ3) is 3.40. The smallest absolute Gasteiger partial charge is 0.239 e. The van der Waals surface area contributed by atoms with Crippen LogP contribution in [0.25, 0.3) is 0 Å². The first-order valence-electron chi connectivity index (χ1n) is 7.58. The second-order valence-corrected chi connectivity index (χ2v) is 6.52. The molecule has 20 heavy (non-hydrogen) atoms. The number of nitrogens with one attached hydrogen (secondary N) is 1. The number of carbonyl (C=O) groups is 1. The monoisotopic (exact) mass is 293 g/mol. The van der Waals surface area contributed by atoms with Gasteiger partial charge >= 0.3 is 0 Å². The number of hydrogen-bond donors (Lipinski definition) is 1. The second kappa shape index (κ2) is 6.70. The van der Waals surface area contributed by atoms with Gasteiger partial charge in [-0.3, -0.25) is 9.69 Å². The average molecular weight is 293 g/mol.